The number of hydrogen-bond donors (Lipinski definition) is 4. The number of aliphatic hydroxyl groups excluding tert-OH is 2. The van der Waals surface area contributed by atoms with Gasteiger partial charge in [0.2, 0.25) is 0 Å². The number of nitrogens with zero attached hydrogens (tertiary/aromatic N) is 1. The third-order valence-electron chi connectivity index (χ3n) is 5.11. The average Bonchev–Trinajstić information content (AvgIpc) is 3.31. The van der Waals surface area contributed by atoms with Gasteiger partial charge in [0, 0.05) is 58.4 Å². The minimum atomic E-state index is -0.982. The molecule has 1 unspecified atom stereocenters. The van der Waals surface area contributed by atoms with E-state index >= 15 is 0 Å². The van der Waals surface area contributed by atoms with Gasteiger partial charge in [-0.2, -0.15) is 0 Å². The molecule has 0 spiro atoms. The van der Waals surface area contributed by atoms with Gasteiger partial charge in [0.25, 0.3) is 11.8 Å². The molecule has 3 aromatic rings. The third-order valence-corrected chi connectivity index (χ3v) is 5.46. The summed E-state index contributed by atoms with van der Waals surface area (Å²) in [6.07, 6.45) is -0.982. The highest BCUT2D eigenvalue weighted by atomic mass is 35.5. The predicted octanol–water partition coefficient (Wildman–Crippen LogP) is 2.16. The Morgan fingerprint density at radius 2 is 2.07 bits per heavy atom. The van der Waals surface area contributed by atoms with E-state index in [9.17, 15) is 14.7 Å². The molecule has 8 heteroatoms. The molecule has 1 atom stereocenters. The molecule has 0 bridgehead atoms. The van der Waals surface area contributed by atoms with Crippen molar-refractivity contribution >= 4 is 34.3 Å². The second-order valence-electron chi connectivity index (χ2n) is 7.14. The number of amides is 2. The molecule has 0 aliphatic carbocycles. The number of fused-ring (bicyclic) bond motifs is 2. The molecule has 0 radical (unpaired) electrons. The smallest absolute Gasteiger partial charge is 0.253 e. The zero-order valence-electron chi connectivity index (χ0n) is 15.7. The first kappa shape index (κ1) is 19.4. The Kier molecular flexibility index (Phi) is 5.04. The molecule has 0 saturated heterocycles. The lowest BCUT2D eigenvalue weighted by Gasteiger charge is -2.19. The van der Waals surface area contributed by atoms with Crippen LogP contribution < -0.4 is 5.32 Å². The fourth-order valence-corrected chi connectivity index (χ4v) is 3.85. The van der Waals surface area contributed by atoms with Crippen molar-refractivity contribution in [2.24, 2.45) is 0 Å². The number of H-pyrrole nitrogens is 1. The summed E-state index contributed by atoms with van der Waals surface area (Å²) in [5.74, 6) is -0.412. The number of benzene rings is 2. The highest BCUT2D eigenvalue weighted by Crippen LogP contribution is 2.34. The zero-order valence-corrected chi connectivity index (χ0v) is 16.5. The van der Waals surface area contributed by atoms with Crippen LogP contribution in [0.4, 0.5) is 0 Å². The monoisotopic (exact) mass is 413 g/mol. The molecule has 4 N–H and O–H groups in total. The minimum Gasteiger partial charge on any atom is -0.394 e. The van der Waals surface area contributed by atoms with Crippen molar-refractivity contribution in [2.45, 2.75) is 12.6 Å². The van der Waals surface area contributed by atoms with Crippen LogP contribution in [0.3, 0.4) is 0 Å². The molecule has 2 heterocycles. The van der Waals surface area contributed by atoms with Crippen LogP contribution in [0.2, 0.25) is 5.02 Å². The largest absolute Gasteiger partial charge is 0.394 e. The topological polar surface area (TPSA) is 106 Å². The van der Waals surface area contributed by atoms with Gasteiger partial charge in [-0.3, -0.25) is 9.59 Å². The van der Waals surface area contributed by atoms with E-state index in [4.69, 9.17) is 16.7 Å². The van der Waals surface area contributed by atoms with Gasteiger partial charge in [0.05, 0.1) is 18.3 Å². The molecule has 0 fully saturated rings. The molecular weight excluding hydrogens is 394 g/mol. The van der Waals surface area contributed by atoms with Crippen molar-refractivity contribution in [3.05, 3.63) is 58.1 Å². The number of aliphatic hydroxyl groups is 2. The molecule has 2 aromatic carbocycles. The second kappa shape index (κ2) is 7.51. The number of hydrogen-bond acceptors (Lipinski definition) is 4. The first-order valence-corrected chi connectivity index (χ1v) is 9.54. The van der Waals surface area contributed by atoms with Crippen LogP contribution in [0, 0.1) is 0 Å². The van der Waals surface area contributed by atoms with Crippen LogP contribution in [0.1, 0.15) is 26.3 Å². The Hall–Kier alpha value is -2.87. The lowest BCUT2D eigenvalue weighted by atomic mass is 10.0. The Labute approximate surface area is 171 Å². The van der Waals surface area contributed by atoms with Crippen LogP contribution in [0.25, 0.3) is 22.2 Å². The number of rotatable bonds is 5. The number of likely N-dealkylation sites (N-methyl/N-ethyl adjacent to an activating group) is 1. The molecule has 2 amide bonds. The quantitative estimate of drug-likeness (QED) is 0.514. The highest BCUT2D eigenvalue weighted by molar-refractivity contribution is 6.32. The number of carbonyl (C=O) groups excluding carboxylic acids is 2. The van der Waals surface area contributed by atoms with Crippen molar-refractivity contribution in [3.8, 4) is 11.3 Å². The van der Waals surface area contributed by atoms with E-state index in [0.29, 0.717) is 22.7 Å². The Morgan fingerprint density at radius 3 is 2.83 bits per heavy atom. The van der Waals surface area contributed by atoms with Gasteiger partial charge in [-0.1, -0.05) is 17.7 Å². The Morgan fingerprint density at radius 1 is 1.28 bits per heavy atom. The predicted molar refractivity (Wildman–Crippen MR) is 110 cm³/mol. The van der Waals surface area contributed by atoms with Crippen molar-refractivity contribution in [1.82, 2.24) is 15.2 Å². The standard InChI is InChI=1S/C21H20ClN3O4/c1-25(9-13(27)10-26)21(29)11-2-5-17-12(6-11)7-18(24-17)14-3-4-16(22)15-8-23-20(28)19(14)15/h2-7,13,24,26-27H,8-10H2,1H3,(H,23,28). The van der Waals surface area contributed by atoms with Gasteiger partial charge in [-0.25, -0.2) is 0 Å². The van der Waals surface area contributed by atoms with Crippen LogP contribution >= 0.6 is 11.6 Å². The Bertz CT molecular complexity index is 1120. The normalized spacial score (nSPS) is 14.0. The molecule has 7 nitrogen and oxygen atoms in total. The fraction of sp³-hybridized carbons (Fsp3) is 0.238. The summed E-state index contributed by atoms with van der Waals surface area (Å²) in [4.78, 5) is 29.6. The van der Waals surface area contributed by atoms with Crippen LogP contribution in [0.15, 0.2) is 36.4 Å². The second-order valence-corrected chi connectivity index (χ2v) is 7.55. The van der Waals surface area contributed by atoms with Gasteiger partial charge >= 0.3 is 0 Å². The summed E-state index contributed by atoms with van der Waals surface area (Å²) >= 11 is 6.23. The summed E-state index contributed by atoms with van der Waals surface area (Å²) < 4.78 is 0. The summed E-state index contributed by atoms with van der Waals surface area (Å²) in [7, 11) is 1.57. The summed E-state index contributed by atoms with van der Waals surface area (Å²) in [6.45, 7) is 0.0420. The molecular formula is C21H20ClN3O4. The van der Waals surface area contributed by atoms with E-state index in [-0.39, 0.29) is 18.4 Å². The van der Waals surface area contributed by atoms with Crippen LogP contribution in [0.5, 0.6) is 0 Å². The SMILES string of the molecule is CN(CC(O)CO)C(=O)c1ccc2[nH]c(-c3ccc(Cl)c4c3C(=O)NC4)cc2c1. The maximum Gasteiger partial charge on any atom is 0.253 e. The number of aromatic amines is 1. The fourth-order valence-electron chi connectivity index (χ4n) is 3.62. The zero-order chi connectivity index (χ0) is 20.7. The maximum atomic E-state index is 12.6. The number of aromatic nitrogens is 1. The van der Waals surface area contributed by atoms with Gasteiger partial charge in [-0.15, -0.1) is 0 Å². The average molecular weight is 414 g/mol. The minimum absolute atomic E-state index is 0.0395. The summed E-state index contributed by atoms with van der Waals surface area (Å²) in [5, 5.41) is 22.7. The van der Waals surface area contributed by atoms with E-state index in [1.165, 1.54) is 4.90 Å². The molecule has 1 aliphatic rings. The van der Waals surface area contributed by atoms with Crippen molar-refractivity contribution in [3.63, 3.8) is 0 Å². The van der Waals surface area contributed by atoms with E-state index < -0.39 is 12.7 Å². The van der Waals surface area contributed by atoms with Crippen molar-refractivity contribution < 1.29 is 19.8 Å². The number of nitrogens with one attached hydrogen (secondary N) is 2. The van der Waals surface area contributed by atoms with Crippen molar-refractivity contribution in [1.29, 1.82) is 0 Å². The van der Waals surface area contributed by atoms with Gasteiger partial charge in [0.15, 0.2) is 0 Å². The van der Waals surface area contributed by atoms with Gasteiger partial charge < -0.3 is 25.4 Å². The number of halogens is 1. The van der Waals surface area contributed by atoms with E-state index in [0.717, 1.165) is 27.7 Å². The molecule has 29 heavy (non-hydrogen) atoms. The Balaban J connectivity index is 1.70. The molecule has 1 aliphatic heterocycles. The molecule has 0 saturated carbocycles. The van der Waals surface area contributed by atoms with E-state index in [1.54, 1.807) is 31.3 Å². The van der Waals surface area contributed by atoms with Gasteiger partial charge in [0.1, 0.15) is 0 Å². The molecule has 1 aromatic heterocycles. The lowest BCUT2D eigenvalue weighted by molar-refractivity contribution is 0.0520. The highest BCUT2D eigenvalue weighted by Gasteiger charge is 2.26. The molecule has 150 valence electrons. The first-order chi connectivity index (χ1) is 13.9. The lowest BCUT2D eigenvalue weighted by Crippen LogP contribution is -2.35. The summed E-state index contributed by atoms with van der Waals surface area (Å²) in [5.41, 5.74) is 4.17. The third kappa shape index (κ3) is 3.48. The first-order valence-electron chi connectivity index (χ1n) is 9.16. The maximum absolute atomic E-state index is 12.6. The molecule has 4 rings (SSSR count). The van der Waals surface area contributed by atoms with E-state index in [2.05, 4.69) is 10.3 Å². The summed E-state index contributed by atoms with van der Waals surface area (Å²) in [6, 6.07) is 10.7. The van der Waals surface area contributed by atoms with Crippen LogP contribution in [-0.4, -0.2) is 58.2 Å². The van der Waals surface area contributed by atoms with Crippen LogP contribution in [-0.2, 0) is 6.54 Å². The van der Waals surface area contributed by atoms with E-state index in [1.807, 2.05) is 12.1 Å². The number of carbonyl (C=O) groups is 2. The van der Waals surface area contributed by atoms with Crippen molar-refractivity contribution in [2.75, 3.05) is 20.2 Å². The van der Waals surface area contributed by atoms with Gasteiger partial charge in [-0.05, 0) is 30.3 Å².